The number of para-hydroxylation sites is 1. The van der Waals surface area contributed by atoms with Crippen molar-refractivity contribution in [3.8, 4) is 5.75 Å². The van der Waals surface area contributed by atoms with E-state index in [-0.39, 0.29) is 6.61 Å². The largest absolute Gasteiger partial charge is 0.508 e. The van der Waals surface area contributed by atoms with E-state index in [1.54, 1.807) is 19.2 Å². The van der Waals surface area contributed by atoms with Crippen LogP contribution in [0.2, 0.25) is 0 Å². The minimum absolute atomic E-state index is 0.0168. The summed E-state index contributed by atoms with van der Waals surface area (Å²) in [6, 6.07) is 7.22. The van der Waals surface area contributed by atoms with Crippen molar-refractivity contribution in [1.82, 2.24) is 0 Å². The summed E-state index contributed by atoms with van der Waals surface area (Å²) < 4.78 is 5.22. The predicted octanol–water partition coefficient (Wildman–Crippen LogP) is 1.72. The second-order valence-electron chi connectivity index (χ2n) is 3.94. The third-order valence-corrected chi connectivity index (χ3v) is 2.74. The number of benzene rings is 1. The molecule has 0 amide bonds. The highest BCUT2D eigenvalue weighted by atomic mass is 16.5. The van der Waals surface area contributed by atoms with Crippen molar-refractivity contribution in [2.24, 2.45) is 0 Å². The summed E-state index contributed by atoms with van der Waals surface area (Å²) >= 11 is 0. The molecule has 0 fully saturated rings. The number of hydrogen-bond donors (Lipinski definition) is 2. The van der Waals surface area contributed by atoms with Crippen LogP contribution in [-0.2, 0) is 11.2 Å². The molecule has 0 heterocycles. The first-order valence-corrected chi connectivity index (χ1v) is 5.04. The Morgan fingerprint density at radius 1 is 1.33 bits per heavy atom. The first-order valence-electron chi connectivity index (χ1n) is 5.04. The maximum Gasteiger partial charge on any atom is 0.118 e. The van der Waals surface area contributed by atoms with Gasteiger partial charge in [-0.2, -0.15) is 0 Å². The molecular formula is C12H18O3. The zero-order valence-electron chi connectivity index (χ0n) is 9.23. The van der Waals surface area contributed by atoms with Gasteiger partial charge < -0.3 is 14.9 Å². The highest BCUT2D eigenvalue weighted by molar-refractivity contribution is 5.31. The van der Waals surface area contributed by atoms with Crippen LogP contribution in [0, 0.1) is 0 Å². The van der Waals surface area contributed by atoms with E-state index in [9.17, 15) is 5.11 Å². The molecule has 15 heavy (non-hydrogen) atoms. The number of phenolic OH excluding ortho intramolecular Hbond substituents is 1. The molecule has 0 bridgehead atoms. The van der Waals surface area contributed by atoms with Crippen molar-refractivity contribution in [3.63, 3.8) is 0 Å². The molecule has 0 radical (unpaired) electrons. The number of aromatic hydroxyl groups is 1. The van der Waals surface area contributed by atoms with Crippen molar-refractivity contribution in [1.29, 1.82) is 0 Å². The van der Waals surface area contributed by atoms with Crippen molar-refractivity contribution >= 4 is 0 Å². The second-order valence-corrected chi connectivity index (χ2v) is 3.94. The van der Waals surface area contributed by atoms with E-state index in [2.05, 4.69) is 0 Å². The summed E-state index contributed by atoms with van der Waals surface area (Å²) in [6.07, 6.45) is 1.37. The molecule has 1 unspecified atom stereocenters. The van der Waals surface area contributed by atoms with Gasteiger partial charge in [0.15, 0.2) is 0 Å². The molecule has 0 saturated heterocycles. The fourth-order valence-corrected chi connectivity index (χ4v) is 1.37. The van der Waals surface area contributed by atoms with E-state index in [0.29, 0.717) is 18.6 Å². The van der Waals surface area contributed by atoms with Crippen LogP contribution in [0.3, 0.4) is 0 Å². The van der Waals surface area contributed by atoms with Gasteiger partial charge in [0.05, 0.1) is 12.2 Å². The number of methoxy groups -OCH3 is 1. The molecule has 0 saturated carbocycles. The molecule has 1 aromatic carbocycles. The fraction of sp³-hybridized carbons (Fsp3) is 0.500. The van der Waals surface area contributed by atoms with Gasteiger partial charge in [-0.3, -0.25) is 0 Å². The average molecular weight is 210 g/mol. The second kappa shape index (κ2) is 5.14. The minimum atomic E-state index is -0.526. The minimum Gasteiger partial charge on any atom is -0.508 e. The van der Waals surface area contributed by atoms with Crippen LogP contribution in [0.15, 0.2) is 24.3 Å². The van der Waals surface area contributed by atoms with Crippen LogP contribution < -0.4 is 0 Å². The Labute approximate surface area is 90.3 Å². The molecule has 84 valence electrons. The lowest BCUT2D eigenvalue weighted by Crippen LogP contribution is -2.32. The quantitative estimate of drug-likeness (QED) is 0.778. The Bertz CT molecular complexity index is 305. The first-order chi connectivity index (χ1) is 7.11. The molecule has 0 spiro atoms. The number of phenols is 1. The van der Waals surface area contributed by atoms with Crippen LogP contribution >= 0.6 is 0 Å². The van der Waals surface area contributed by atoms with Crippen molar-refractivity contribution in [3.05, 3.63) is 29.8 Å². The van der Waals surface area contributed by atoms with E-state index in [0.717, 1.165) is 5.56 Å². The van der Waals surface area contributed by atoms with E-state index >= 15 is 0 Å². The Morgan fingerprint density at radius 3 is 2.53 bits per heavy atom. The van der Waals surface area contributed by atoms with Crippen molar-refractivity contribution in [2.75, 3.05) is 13.7 Å². The lowest BCUT2D eigenvalue weighted by Gasteiger charge is -2.25. The number of aryl methyl sites for hydroxylation is 1. The maximum absolute atomic E-state index is 9.55. The summed E-state index contributed by atoms with van der Waals surface area (Å²) in [4.78, 5) is 0. The lowest BCUT2D eigenvalue weighted by atomic mass is 9.97. The zero-order chi connectivity index (χ0) is 11.3. The number of aliphatic hydroxyl groups is 1. The van der Waals surface area contributed by atoms with Crippen LogP contribution in [0.5, 0.6) is 5.75 Å². The molecule has 3 heteroatoms. The van der Waals surface area contributed by atoms with E-state index in [1.807, 2.05) is 19.1 Å². The lowest BCUT2D eigenvalue weighted by molar-refractivity contribution is -0.0429. The molecule has 0 aliphatic rings. The first kappa shape index (κ1) is 12.0. The normalized spacial score (nSPS) is 14.9. The number of hydrogen-bond acceptors (Lipinski definition) is 3. The van der Waals surface area contributed by atoms with Gasteiger partial charge in [0.25, 0.3) is 0 Å². The summed E-state index contributed by atoms with van der Waals surface area (Å²) in [5, 5.41) is 18.7. The summed E-state index contributed by atoms with van der Waals surface area (Å²) in [5.74, 6) is 0.300. The standard InChI is InChI=1S/C12H18O3/c1-12(9-13,15-2)8-7-10-5-3-4-6-11(10)14/h3-6,13-14H,7-9H2,1-2H3. The number of aliphatic hydroxyl groups excluding tert-OH is 1. The van der Waals surface area contributed by atoms with Crippen LogP contribution in [0.25, 0.3) is 0 Å². The van der Waals surface area contributed by atoms with Crippen molar-refractivity contribution < 1.29 is 14.9 Å². The summed E-state index contributed by atoms with van der Waals surface area (Å²) in [5.41, 5.74) is 0.358. The van der Waals surface area contributed by atoms with Gasteiger partial charge in [-0.1, -0.05) is 18.2 Å². The Hall–Kier alpha value is -1.06. The Balaban J connectivity index is 2.61. The van der Waals surface area contributed by atoms with Gasteiger partial charge in [-0.15, -0.1) is 0 Å². The van der Waals surface area contributed by atoms with Gasteiger partial charge in [0.1, 0.15) is 5.75 Å². The van der Waals surface area contributed by atoms with Gasteiger partial charge in [0, 0.05) is 7.11 Å². The van der Waals surface area contributed by atoms with Crippen molar-refractivity contribution in [2.45, 2.75) is 25.4 Å². The molecule has 0 aromatic heterocycles. The molecule has 0 aliphatic carbocycles. The molecule has 2 N–H and O–H groups in total. The monoisotopic (exact) mass is 210 g/mol. The van der Waals surface area contributed by atoms with E-state index in [1.165, 1.54) is 0 Å². The van der Waals surface area contributed by atoms with Crippen LogP contribution in [0.4, 0.5) is 0 Å². The Kier molecular flexibility index (Phi) is 4.12. The SMILES string of the molecule is COC(C)(CO)CCc1ccccc1O. The van der Waals surface area contributed by atoms with Gasteiger partial charge >= 0.3 is 0 Å². The maximum atomic E-state index is 9.55. The third-order valence-electron chi connectivity index (χ3n) is 2.74. The number of rotatable bonds is 5. The number of ether oxygens (including phenoxy) is 1. The summed E-state index contributed by atoms with van der Waals surface area (Å²) in [7, 11) is 1.58. The third kappa shape index (κ3) is 3.22. The van der Waals surface area contributed by atoms with Crippen LogP contribution in [0.1, 0.15) is 18.9 Å². The fourth-order valence-electron chi connectivity index (χ4n) is 1.37. The molecule has 1 atom stereocenters. The van der Waals surface area contributed by atoms with E-state index in [4.69, 9.17) is 9.84 Å². The molecule has 1 rings (SSSR count). The Morgan fingerprint density at radius 2 is 2.00 bits per heavy atom. The van der Waals surface area contributed by atoms with Crippen LogP contribution in [-0.4, -0.2) is 29.5 Å². The highest BCUT2D eigenvalue weighted by Crippen LogP contribution is 2.22. The predicted molar refractivity (Wildman–Crippen MR) is 58.9 cm³/mol. The molecule has 0 aliphatic heterocycles. The van der Waals surface area contributed by atoms with E-state index < -0.39 is 5.60 Å². The molecular weight excluding hydrogens is 192 g/mol. The summed E-state index contributed by atoms with van der Waals surface area (Å²) in [6.45, 7) is 1.84. The topological polar surface area (TPSA) is 49.7 Å². The smallest absolute Gasteiger partial charge is 0.118 e. The highest BCUT2D eigenvalue weighted by Gasteiger charge is 2.22. The molecule has 3 nitrogen and oxygen atoms in total. The average Bonchev–Trinajstić information content (AvgIpc) is 2.28. The zero-order valence-corrected chi connectivity index (χ0v) is 9.23. The van der Waals surface area contributed by atoms with Gasteiger partial charge in [-0.05, 0) is 31.4 Å². The van der Waals surface area contributed by atoms with Gasteiger partial charge in [0.2, 0.25) is 0 Å². The molecule has 1 aromatic rings. The van der Waals surface area contributed by atoms with Gasteiger partial charge in [-0.25, -0.2) is 0 Å².